The molecule has 2 aliphatic heterocycles. The van der Waals surface area contributed by atoms with Crippen LogP contribution in [-0.4, -0.2) is 47.3 Å². The minimum absolute atomic E-state index is 0.156. The number of amides is 1. The van der Waals surface area contributed by atoms with Crippen molar-refractivity contribution < 1.29 is 19.0 Å². The van der Waals surface area contributed by atoms with Crippen LogP contribution in [0.25, 0.3) is 0 Å². The van der Waals surface area contributed by atoms with Gasteiger partial charge in [0.2, 0.25) is 6.79 Å². The van der Waals surface area contributed by atoms with Crippen molar-refractivity contribution in [1.29, 1.82) is 0 Å². The fourth-order valence-corrected chi connectivity index (χ4v) is 3.06. The number of fused-ring (bicyclic) bond motifs is 1. The zero-order valence-corrected chi connectivity index (χ0v) is 13.7. The summed E-state index contributed by atoms with van der Waals surface area (Å²) in [5.41, 5.74) is 0.774. The molecule has 0 radical (unpaired) electrons. The number of hydrogen-bond donors (Lipinski definition) is 1. The molecule has 2 aromatic rings. The number of rotatable bonds is 2. The van der Waals surface area contributed by atoms with Crippen molar-refractivity contribution in [2.45, 2.75) is 13.0 Å². The van der Waals surface area contributed by atoms with Gasteiger partial charge in [-0.15, -0.1) is 0 Å². The Labute approximate surface area is 143 Å². The van der Waals surface area contributed by atoms with Crippen LogP contribution in [0, 0.1) is 6.92 Å². The number of ether oxygens (including phenoxy) is 3. The molecule has 130 valence electrons. The molecule has 1 N–H and O–H groups in total. The van der Waals surface area contributed by atoms with Crippen molar-refractivity contribution in [3.05, 3.63) is 51.7 Å². The van der Waals surface area contributed by atoms with E-state index in [1.54, 1.807) is 30.0 Å². The summed E-state index contributed by atoms with van der Waals surface area (Å²) in [5, 5.41) is 0. The van der Waals surface area contributed by atoms with Crippen LogP contribution in [0.1, 0.15) is 27.9 Å². The zero-order chi connectivity index (χ0) is 17.4. The maximum Gasteiger partial charge on any atom is 0.254 e. The van der Waals surface area contributed by atoms with Gasteiger partial charge in [-0.05, 0) is 25.1 Å². The third-order valence-electron chi connectivity index (χ3n) is 4.23. The highest BCUT2D eigenvalue weighted by atomic mass is 16.7. The highest BCUT2D eigenvalue weighted by molar-refractivity contribution is 5.95. The molecule has 1 fully saturated rings. The number of nitrogens with one attached hydrogen (secondary N) is 1. The molecule has 1 aromatic carbocycles. The van der Waals surface area contributed by atoms with Gasteiger partial charge in [0.05, 0.1) is 24.9 Å². The van der Waals surface area contributed by atoms with Gasteiger partial charge in [-0.2, -0.15) is 0 Å². The summed E-state index contributed by atoms with van der Waals surface area (Å²) in [4.78, 5) is 33.4. The molecule has 3 heterocycles. The van der Waals surface area contributed by atoms with E-state index in [0.717, 1.165) is 0 Å². The maximum absolute atomic E-state index is 13.0. The first-order valence-electron chi connectivity index (χ1n) is 7.98. The molecule has 0 aliphatic carbocycles. The summed E-state index contributed by atoms with van der Waals surface area (Å²) in [6.07, 6.45) is 0. The third-order valence-corrected chi connectivity index (χ3v) is 4.23. The van der Waals surface area contributed by atoms with Gasteiger partial charge in [0.15, 0.2) is 11.5 Å². The molecule has 0 unspecified atom stereocenters. The van der Waals surface area contributed by atoms with Gasteiger partial charge in [-0.3, -0.25) is 9.59 Å². The van der Waals surface area contributed by atoms with Gasteiger partial charge in [0.1, 0.15) is 5.82 Å². The standard InChI is InChI=1S/C17H17N3O5/c1-10-18-12(7-16(21)19-10)13-8-23-5-4-20(13)17(22)11-2-3-14-15(6-11)25-9-24-14/h2-3,6-7,13H,4-5,8-9H2,1H3,(H,18,19,21)/t13-/m0/s1. The van der Waals surface area contributed by atoms with E-state index in [0.29, 0.717) is 48.3 Å². The summed E-state index contributed by atoms with van der Waals surface area (Å²) in [5.74, 6) is 1.53. The number of H-pyrrole nitrogens is 1. The lowest BCUT2D eigenvalue weighted by atomic mass is 10.1. The smallest absolute Gasteiger partial charge is 0.254 e. The van der Waals surface area contributed by atoms with E-state index >= 15 is 0 Å². The Hall–Kier alpha value is -2.87. The summed E-state index contributed by atoms with van der Waals surface area (Å²) in [6, 6.07) is 6.10. The Morgan fingerprint density at radius 1 is 1.28 bits per heavy atom. The predicted octanol–water partition coefficient (Wildman–Crippen LogP) is 1.02. The van der Waals surface area contributed by atoms with Gasteiger partial charge >= 0.3 is 0 Å². The number of aryl methyl sites for hydroxylation is 1. The fraction of sp³-hybridized carbons (Fsp3) is 0.353. The summed E-state index contributed by atoms with van der Waals surface area (Å²) in [6.45, 7) is 3.02. The number of morpholine rings is 1. The van der Waals surface area contributed by atoms with E-state index in [1.165, 1.54) is 6.07 Å². The summed E-state index contributed by atoms with van der Waals surface area (Å²) >= 11 is 0. The Morgan fingerprint density at radius 2 is 2.12 bits per heavy atom. The zero-order valence-electron chi connectivity index (χ0n) is 13.7. The Kier molecular flexibility index (Phi) is 3.89. The molecule has 2 aliphatic rings. The molecule has 1 amide bonds. The van der Waals surface area contributed by atoms with Crippen LogP contribution in [0.15, 0.2) is 29.1 Å². The van der Waals surface area contributed by atoms with E-state index in [4.69, 9.17) is 14.2 Å². The highest BCUT2D eigenvalue weighted by Gasteiger charge is 2.31. The van der Waals surface area contributed by atoms with E-state index in [2.05, 4.69) is 9.97 Å². The fourth-order valence-electron chi connectivity index (χ4n) is 3.06. The van der Waals surface area contributed by atoms with Gasteiger partial charge in [0.25, 0.3) is 11.5 Å². The maximum atomic E-state index is 13.0. The average Bonchev–Trinajstić information content (AvgIpc) is 3.08. The van der Waals surface area contributed by atoms with Crippen molar-refractivity contribution in [1.82, 2.24) is 14.9 Å². The molecule has 1 saturated heterocycles. The molecule has 0 bridgehead atoms. The number of benzene rings is 1. The molecule has 0 spiro atoms. The third kappa shape index (κ3) is 2.96. The van der Waals surface area contributed by atoms with Crippen LogP contribution in [-0.2, 0) is 4.74 Å². The molecular weight excluding hydrogens is 326 g/mol. The first-order valence-corrected chi connectivity index (χ1v) is 7.98. The lowest BCUT2D eigenvalue weighted by molar-refractivity contribution is -0.00402. The first kappa shape index (κ1) is 15.6. The van der Waals surface area contributed by atoms with Crippen molar-refractivity contribution in [2.75, 3.05) is 26.6 Å². The van der Waals surface area contributed by atoms with E-state index < -0.39 is 6.04 Å². The minimum Gasteiger partial charge on any atom is -0.454 e. The van der Waals surface area contributed by atoms with Crippen molar-refractivity contribution >= 4 is 5.91 Å². The SMILES string of the molecule is Cc1nc([C@@H]2COCCN2C(=O)c2ccc3c(c2)OCO3)cc(=O)[nH]1. The Bertz CT molecular complexity index is 879. The van der Waals surface area contributed by atoms with Gasteiger partial charge < -0.3 is 24.1 Å². The average molecular weight is 343 g/mol. The molecule has 1 atom stereocenters. The number of hydrogen-bond acceptors (Lipinski definition) is 6. The Morgan fingerprint density at radius 3 is 2.96 bits per heavy atom. The van der Waals surface area contributed by atoms with Crippen LogP contribution in [0.5, 0.6) is 11.5 Å². The second-order valence-electron chi connectivity index (χ2n) is 5.91. The van der Waals surface area contributed by atoms with Gasteiger partial charge in [-0.1, -0.05) is 0 Å². The molecule has 4 rings (SSSR count). The van der Waals surface area contributed by atoms with Gasteiger partial charge in [-0.25, -0.2) is 4.98 Å². The number of nitrogens with zero attached hydrogens (tertiary/aromatic N) is 2. The van der Waals surface area contributed by atoms with Crippen LogP contribution in [0.2, 0.25) is 0 Å². The van der Waals surface area contributed by atoms with Crippen LogP contribution >= 0.6 is 0 Å². The monoisotopic (exact) mass is 343 g/mol. The van der Waals surface area contributed by atoms with Crippen LogP contribution in [0.4, 0.5) is 0 Å². The van der Waals surface area contributed by atoms with Crippen molar-refractivity contribution in [2.24, 2.45) is 0 Å². The molecule has 0 saturated carbocycles. The van der Waals surface area contributed by atoms with E-state index in [9.17, 15) is 9.59 Å². The number of carbonyl (C=O) groups is 1. The van der Waals surface area contributed by atoms with Crippen LogP contribution < -0.4 is 15.0 Å². The number of aromatic amines is 1. The van der Waals surface area contributed by atoms with Crippen molar-refractivity contribution in [3.63, 3.8) is 0 Å². The minimum atomic E-state index is -0.410. The normalized spacial score (nSPS) is 19.1. The second-order valence-corrected chi connectivity index (χ2v) is 5.91. The highest BCUT2D eigenvalue weighted by Crippen LogP contribution is 2.33. The summed E-state index contributed by atoms with van der Waals surface area (Å²) in [7, 11) is 0. The second kappa shape index (κ2) is 6.21. The van der Waals surface area contributed by atoms with E-state index in [1.807, 2.05) is 0 Å². The number of carbonyl (C=O) groups excluding carboxylic acids is 1. The lowest BCUT2D eigenvalue weighted by Gasteiger charge is -2.35. The molecule has 8 nitrogen and oxygen atoms in total. The quantitative estimate of drug-likeness (QED) is 0.875. The summed E-state index contributed by atoms with van der Waals surface area (Å²) < 4.78 is 16.1. The topological polar surface area (TPSA) is 93.8 Å². The molecular formula is C17H17N3O5. The van der Waals surface area contributed by atoms with Crippen LogP contribution in [0.3, 0.4) is 0 Å². The first-order chi connectivity index (χ1) is 12.1. The number of aromatic nitrogens is 2. The van der Waals surface area contributed by atoms with Crippen molar-refractivity contribution in [3.8, 4) is 11.5 Å². The largest absolute Gasteiger partial charge is 0.454 e. The van der Waals surface area contributed by atoms with Gasteiger partial charge in [0, 0.05) is 18.2 Å². The predicted molar refractivity (Wildman–Crippen MR) is 86.8 cm³/mol. The molecule has 1 aromatic heterocycles. The van der Waals surface area contributed by atoms with E-state index in [-0.39, 0.29) is 18.3 Å². The molecule has 8 heteroatoms. The molecule has 25 heavy (non-hydrogen) atoms. The lowest BCUT2D eigenvalue weighted by Crippen LogP contribution is -2.44. The Balaban J connectivity index is 1.66.